The smallest absolute Gasteiger partial charge is 0.326 e. The molecule has 4 unspecified atom stereocenters. The van der Waals surface area contributed by atoms with Gasteiger partial charge in [0.25, 0.3) is 0 Å². The highest BCUT2D eigenvalue weighted by Gasteiger charge is 2.37. The third-order valence-corrected chi connectivity index (χ3v) is 5.80. The second-order valence-electron chi connectivity index (χ2n) is 6.40. The molecule has 0 aliphatic carbocycles. The van der Waals surface area contributed by atoms with Gasteiger partial charge >= 0.3 is 5.97 Å². The number of thiol groups is 2. The first kappa shape index (κ1) is 24.9. The Morgan fingerprint density at radius 1 is 1.18 bits per heavy atom. The van der Waals surface area contributed by atoms with E-state index >= 15 is 0 Å². The summed E-state index contributed by atoms with van der Waals surface area (Å²) in [5, 5.41) is 14.4. The van der Waals surface area contributed by atoms with Crippen molar-refractivity contribution in [3.8, 4) is 0 Å². The number of nitrogens with one attached hydrogen (secondary N) is 2. The van der Waals surface area contributed by atoms with Crippen molar-refractivity contribution in [1.82, 2.24) is 15.5 Å². The number of hydrogen-bond acceptors (Lipinski definition) is 8. The van der Waals surface area contributed by atoms with Crippen LogP contribution in [0.2, 0.25) is 0 Å². The number of amides is 3. The minimum Gasteiger partial charge on any atom is -0.480 e. The minimum atomic E-state index is -1.07. The number of aliphatic carboxylic acids is 1. The second kappa shape index (κ2) is 12.5. The monoisotopic (exact) mass is 452 g/mol. The van der Waals surface area contributed by atoms with Crippen molar-refractivity contribution in [1.29, 1.82) is 0 Å². The molecule has 0 spiro atoms. The topological polar surface area (TPSA) is 142 Å². The van der Waals surface area contributed by atoms with Gasteiger partial charge in [0.15, 0.2) is 0 Å². The number of nitrogens with zero attached hydrogens (tertiary/aromatic N) is 1. The van der Waals surface area contributed by atoms with E-state index in [9.17, 15) is 24.3 Å². The number of carbonyl (C=O) groups excluding carboxylic acids is 3. The molecule has 0 radical (unpaired) electrons. The molecule has 1 aliphatic rings. The normalized spacial score (nSPS) is 19.6. The summed E-state index contributed by atoms with van der Waals surface area (Å²) < 4.78 is 0. The number of hydrogen-bond donors (Lipinski definition) is 6. The number of likely N-dealkylation sites (tertiary alicyclic amines) is 1. The van der Waals surface area contributed by atoms with Crippen molar-refractivity contribution >= 4 is 60.7 Å². The van der Waals surface area contributed by atoms with Crippen LogP contribution in [0.3, 0.4) is 0 Å². The van der Waals surface area contributed by atoms with Gasteiger partial charge in [0.1, 0.15) is 18.1 Å². The molecule has 12 heteroatoms. The van der Waals surface area contributed by atoms with E-state index in [-0.39, 0.29) is 11.5 Å². The van der Waals surface area contributed by atoms with Crippen molar-refractivity contribution in [2.24, 2.45) is 5.73 Å². The van der Waals surface area contributed by atoms with Gasteiger partial charge in [0.2, 0.25) is 17.7 Å². The van der Waals surface area contributed by atoms with Gasteiger partial charge in [0, 0.05) is 18.1 Å². The van der Waals surface area contributed by atoms with Crippen molar-refractivity contribution in [3.05, 3.63) is 0 Å². The van der Waals surface area contributed by atoms with Crippen molar-refractivity contribution in [2.45, 2.75) is 43.4 Å². The lowest BCUT2D eigenvalue weighted by molar-refractivity contribution is -0.149. The summed E-state index contributed by atoms with van der Waals surface area (Å²) in [5.74, 6) is -1.85. The molecule has 0 bridgehead atoms. The van der Waals surface area contributed by atoms with Crippen LogP contribution in [0.5, 0.6) is 0 Å². The Morgan fingerprint density at radius 2 is 1.82 bits per heavy atom. The maximum atomic E-state index is 12.7. The SMILES string of the molecule is CSCCC(NC(=O)C(N)CS)C(=O)NC(CS)C(=O)N1CCCC1C(=O)O. The number of carboxylic acids is 1. The molecule has 1 heterocycles. The largest absolute Gasteiger partial charge is 0.480 e. The van der Waals surface area contributed by atoms with Gasteiger partial charge in [-0.3, -0.25) is 14.4 Å². The first-order valence-corrected chi connectivity index (χ1v) is 11.5. The number of thioether (sulfide) groups is 1. The predicted molar refractivity (Wildman–Crippen MR) is 115 cm³/mol. The molecule has 1 rings (SSSR count). The molecule has 9 nitrogen and oxygen atoms in total. The summed E-state index contributed by atoms with van der Waals surface area (Å²) in [7, 11) is 0. The Bertz CT molecular complexity index is 580. The first-order chi connectivity index (χ1) is 13.3. The molecular formula is C16H28N4O5S3. The van der Waals surface area contributed by atoms with Crippen LogP contribution in [0.4, 0.5) is 0 Å². The molecule has 0 aromatic rings. The van der Waals surface area contributed by atoms with Crippen molar-refractivity contribution in [3.63, 3.8) is 0 Å². The van der Waals surface area contributed by atoms with Gasteiger partial charge in [-0.15, -0.1) is 0 Å². The highest BCUT2D eigenvalue weighted by Crippen LogP contribution is 2.19. The quantitative estimate of drug-likeness (QED) is 0.220. The molecule has 0 saturated carbocycles. The van der Waals surface area contributed by atoms with E-state index in [2.05, 4.69) is 35.9 Å². The van der Waals surface area contributed by atoms with Crippen molar-refractivity contribution in [2.75, 3.05) is 30.1 Å². The molecular weight excluding hydrogens is 424 g/mol. The van der Waals surface area contributed by atoms with Crippen LogP contribution < -0.4 is 16.4 Å². The standard InChI is InChI=1S/C16H28N4O5S3/c1-28-6-4-10(18-13(21)9(17)7-26)14(22)19-11(8-27)15(23)20-5-2-3-12(20)16(24)25/h9-12,26-27H,2-8,17H2,1H3,(H,18,21)(H,19,22)(H,24,25). The van der Waals surface area contributed by atoms with Crippen LogP contribution in [0, 0.1) is 0 Å². The zero-order chi connectivity index (χ0) is 21.3. The average molecular weight is 453 g/mol. The minimum absolute atomic E-state index is 0.00671. The van der Waals surface area contributed by atoms with E-state index in [1.165, 1.54) is 16.7 Å². The summed E-state index contributed by atoms with van der Waals surface area (Å²) in [5.41, 5.74) is 5.64. The van der Waals surface area contributed by atoms with E-state index < -0.39 is 47.9 Å². The molecule has 0 aromatic heterocycles. The molecule has 1 fully saturated rings. The molecule has 1 saturated heterocycles. The van der Waals surface area contributed by atoms with E-state index in [1.807, 2.05) is 6.26 Å². The predicted octanol–water partition coefficient (Wildman–Crippen LogP) is -1.03. The van der Waals surface area contributed by atoms with Crippen LogP contribution in [-0.2, 0) is 19.2 Å². The van der Waals surface area contributed by atoms with Crippen LogP contribution in [0.25, 0.3) is 0 Å². The summed E-state index contributed by atoms with van der Waals surface area (Å²) in [6.07, 6.45) is 3.19. The molecule has 160 valence electrons. The van der Waals surface area contributed by atoms with Crippen LogP contribution >= 0.6 is 37.0 Å². The van der Waals surface area contributed by atoms with Gasteiger partial charge in [-0.2, -0.15) is 37.0 Å². The summed E-state index contributed by atoms with van der Waals surface area (Å²) in [6, 6.07) is -3.60. The average Bonchev–Trinajstić information content (AvgIpc) is 3.17. The third-order valence-electron chi connectivity index (χ3n) is 4.40. The van der Waals surface area contributed by atoms with E-state index in [0.717, 1.165) is 0 Å². The lowest BCUT2D eigenvalue weighted by Gasteiger charge is -2.28. The van der Waals surface area contributed by atoms with Crippen LogP contribution in [0.15, 0.2) is 0 Å². The zero-order valence-corrected chi connectivity index (χ0v) is 18.3. The number of nitrogens with two attached hydrogens (primary N) is 1. The summed E-state index contributed by atoms with van der Waals surface area (Å²) in [6.45, 7) is 0.319. The lowest BCUT2D eigenvalue weighted by Crippen LogP contribution is -2.58. The maximum absolute atomic E-state index is 12.7. The summed E-state index contributed by atoms with van der Waals surface area (Å²) in [4.78, 5) is 50.0. The molecule has 0 aromatic carbocycles. The Morgan fingerprint density at radius 3 is 2.36 bits per heavy atom. The second-order valence-corrected chi connectivity index (χ2v) is 8.12. The summed E-state index contributed by atoms with van der Waals surface area (Å²) >= 11 is 9.61. The van der Waals surface area contributed by atoms with E-state index in [0.29, 0.717) is 31.6 Å². The van der Waals surface area contributed by atoms with E-state index in [4.69, 9.17) is 5.73 Å². The van der Waals surface area contributed by atoms with Gasteiger partial charge < -0.3 is 26.4 Å². The van der Waals surface area contributed by atoms with Gasteiger partial charge in [-0.05, 0) is 31.3 Å². The Balaban J connectivity index is 2.82. The Kier molecular flexibility index (Phi) is 11.1. The zero-order valence-electron chi connectivity index (χ0n) is 15.7. The third kappa shape index (κ3) is 7.05. The molecule has 5 N–H and O–H groups in total. The van der Waals surface area contributed by atoms with Gasteiger partial charge in [0.05, 0.1) is 6.04 Å². The fourth-order valence-electron chi connectivity index (χ4n) is 2.81. The Labute approximate surface area is 179 Å². The number of carboxylic acid groups (broad SMARTS) is 1. The molecule has 4 atom stereocenters. The maximum Gasteiger partial charge on any atom is 0.326 e. The molecule has 3 amide bonds. The highest BCUT2D eigenvalue weighted by molar-refractivity contribution is 7.98. The first-order valence-electron chi connectivity index (χ1n) is 8.87. The van der Waals surface area contributed by atoms with Gasteiger partial charge in [-0.25, -0.2) is 4.79 Å². The Hall–Kier alpha value is -1.11. The molecule has 28 heavy (non-hydrogen) atoms. The van der Waals surface area contributed by atoms with E-state index in [1.54, 1.807) is 0 Å². The number of rotatable bonds is 11. The number of carbonyl (C=O) groups is 4. The van der Waals surface area contributed by atoms with Gasteiger partial charge in [-0.1, -0.05) is 0 Å². The lowest BCUT2D eigenvalue weighted by atomic mass is 10.1. The van der Waals surface area contributed by atoms with Crippen molar-refractivity contribution < 1.29 is 24.3 Å². The fraction of sp³-hybridized carbons (Fsp3) is 0.750. The molecule has 1 aliphatic heterocycles. The highest BCUT2D eigenvalue weighted by atomic mass is 32.2. The van der Waals surface area contributed by atoms with Crippen LogP contribution in [0.1, 0.15) is 19.3 Å². The fourth-order valence-corrected chi connectivity index (χ4v) is 3.70. The van der Waals surface area contributed by atoms with Crippen LogP contribution in [-0.4, -0.2) is 87.9 Å².